The Morgan fingerprint density at radius 2 is 2.05 bits per heavy atom. The van der Waals surface area contributed by atoms with Crippen LogP contribution < -0.4 is 20.4 Å². The first-order valence-corrected chi connectivity index (χ1v) is 13.6. The number of halogens is 2. The van der Waals surface area contributed by atoms with E-state index in [9.17, 15) is 14.4 Å². The lowest BCUT2D eigenvalue weighted by Crippen LogP contribution is -2.57. The summed E-state index contributed by atoms with van der Waals surface area (Å²) in [6.45, 7) is 8.65. The molecule has 9 nitrogen and oxygen atoms in total. The molecular formula is C26H32ClFN4O5S. The number of alkyl carbamates (subject to hydrolysis) is 1. The fraction of sp³-hybridized carbons (Fsp3) is 0.500. The van der Waals surface area contributed by atoms with Gasteiger partial charge in [-0.2, -0.15) is 0 Å². The van der Waals surface area contributed by atoms with E-state index in [0.717, 1.165) is 24.2 Å². The zero-order chi connectivity index (χ0) is 27.7. The predicted octanol–water partition coefficient (Wildman–Crippen LogP) is 5.18. The van der Waals surface area contributed by atoms with Gasteiger partial charge in [0.2, 0.25) is 0 Å². The Morgan fingerprint density at radius 3 is 2.71 bits per heavy atom. The number of rotatable bonds is 6. The smallest absolute Gasteiger partial charge is 0.414 e. The SMILES string of the molecule is CC1(NC(=O)OC(C)(C)C)CCCN(c2ccc(N3CC(CNC(=O)c4ccc(Cl)s4)OC3=O)cc2F)C1. The lowest BCUT2D eigenvalue weighted by atomic mass is 9.91. The Balaban J connectivity index is 1.37. The van der Waals surface area contributed by atoms with Crippen molar-refractivity contribution in [1.82, 2.24) is 10.6 Å². The van der Waals surface area contributed by atoms with Gasteiger partial charge in [0, 0.05) is 13.1 Å². The van der Waals surface area contributed by atoms with Crippen LogP contribution in [-0.2, 0) is 9.47 Å². The van der Waals surface area contributed by atoms with Crippen molar-refractivity contribution in [3.05, 3.63) is 45.4 Å². The summed E-state index contributed by atoms with van der Waals surface area (Å²) in [5.74, 6) is -0.787. The van der Waals surface area contributed by atoms with Crippen LogP contribution in [0.1, 0.15) is 50.2 Å². The van der Waals surface area contributed by atoms with Gasteiger partial charge in [-0.05, 0) is 70.9 Å². The maximum atomic E-state index is 15.3. The number of hydrogen-bond acceptors (Lipinski definition) is 7. The zero-order valence-corrected chi connectivity index (χ0v) is 23.4. The number of hydrogen-bond donors (Lipinski definition) is 2. The van der Waals surface area contributed by atoms with Gasteiger partial charge in [-0.15, -0.1) is 11.3 Å². The molecule has 4 rings (SSSR count). The summed E-state index contributed by atoms with van der Waals surface area (Å²) in [4.78, 5) is 40.8. The Kier molecular flexibility index (Phi) is 8.08. The molecule has 0 saturated carbocycles. The van der Waals surface area contributed by atoms with Gasteiger partial charge in [0.05, 0.1) is 39.2 Å². The van der Waals surface area contributed by atoms with Crippen LogP contribution in [0, 0.1) is 5.82 Å². The number of carbonyl (C=O) groups is 3. The molecule has 2 atom stereocenters. The van der Waals surface area contributed by atoms with Gasteiger partial charge in [0.15, 0.2) is 0 Å². The minimum absolute atomic E-state index is 0.119. The quantitative estimate of drug-likeness (QED) is 0.500. The highest BCUT2D eigenvalue weighted by Gasteiger charge is 2.36. The molecule has 2 aromatic rings. The number of anilines is 2. The van der Waals surface area contributed by atoms with Crippen molar-refractivity contribution in [2.75, 3.05) is 36.0 Å². The normalized spacial score (nSPS) is 21.7. The Labute approximate surface area is 230 Å². The average molecular weight is 567 g/mol. The first kappa shape index (κ1) is 28.0. The first-order valence-electron chi connectivity index (χ1n) is 12.4. The molecule has 2 N–H and O–H groups in total. The number of benzene rings is 1. The molecule has 38 heavy (non-hydrogen) atoms. The van der Waals surface area contributed by atoms with E-state index in [-0.39, 0.29) is 19.0 Å². The molecule has 3 amide bonds. The highest BCUT2D eigenvalue weighted by Crippen LogP contribution is 2.32. The molecule has 2 aliphatic rings. The molecule has 0 spiro atoms. The molecule has 12 heteroatoms. The standard InChI is InChI=1S/C26H32ClFN4O5S/c1-25(2,3)37-23(34)30-26(4)10-5-11-31(15-26)19-7-6-16(12-18(19)28)32-14-17(36-24(32)35)13-29-22(33)20-8-9-21(27)38-20/h6-9,12,17H,5,10-11,13-15H2,1-4H3,(H,29,33)(H,30,34). The van der Waals surface area contributed by atoms with Gasteiger partial charge < -0.3 is 25.0 Å². The fourth-order valence-electron chi connectivity index (χ4n) is 4.59. The number of ether oxygens (including phenoxy) is 2. The minimum Gasteiger partial charge on any atom is -0.444 e. The maximum Gasteiger partial charge on any atom is 0.414 e. The molecule has 1 aromatic carbocycles. The summed E-state index contributed by atoms with van der Waals surface area (Å²) in [6, 6.07) is 7.86. The summed E-state index contributed by atoms with van der Waals surface area (Å²) < 4.78 is 26.6. The maximum absolute atomic E-state index is 15.3. The number of nitrogens with zero attached hydrogens (tertiary/aromatic N) is 2. The van der Waals surface area contributed by atoms with Crippen LogP contribution in [0.2, 0.25) is 4.34 Å². The van der Waals surface area contributed by atoms with Gasteiger partial charge >= 0.3 is 12.2 Å². The van der Waals surface area contributed by atoms with Gasteiger partial charge in [0.25, 0.3) is 5.91 Å². The predicted molar refractivity (Wildman–Crippen MR) is 145 cm³/mol. The van der Waals surface area contributed by atoms with Crippen molar-refractivity contribution in [3.8, 4) is 0 Å². The Bertz CT molecular complexity index is 1220. The molecule has 2 unspecified atom stereocenters. The molecule has 2 fully saturated rings. The van der Waals surface area contributed by atoms with E-state index >= 15 is 4.39 Å². The van der Waals surface area contributed by atoms with E-state index < -0.39 is 35.2 Å². The lowest BCUT2D eigenvalue weighted by molar-refractivity contribution is 0.0454. The van der Waals surface area contributed by atoms with Crippen molar-refractivity contribution in [1.29, 1.82) is 0 Å². The number of piperidine rings is 1. The van der Waals surface area contributed by atoms with E-state index in [4.69, 9.17) is 21.1 Å². The molecule has 2 saturated heterocycles. The third-order valence-electron chi connectivity index (χ3n) is 6.24. The van der Waals surface area contributed by atoms with Crippen LogP contribution in [0.4, 0.5) is 25.4 Å². The number of cyclic esters (lactones) is 1. The summed E-state index contributed by atoms with van der Waals surface area (Å²) in [5, 5.41) is 5.67. The second-order valence-corrected chi connectivity index (χ2v) is 12.5. The van der Waals surface area contributed by atoms with Gasteiger partial charge in [-0.1, -0.05) is 11.6 Å². The third-order valence-corrected chi connectivity index (χ3v) is 7.47. The van der Waals surface area contributed by atoms with Crippen LogP contribution in [0.5, 0.6) is 0 Å². The monoisotopic (exact) mass is 566 g/mol. The zero-order valence-electron chi connectivity index (χ0n) is 21.8. The van der Waals surface area contributed by atoms with Gasteiger partial charge in [0.1, 0.15) is 17.5 Å². The minimum atomic E-state index is -0.615. The van der Waals surface area contributed by atoms with E-state index in [0.29, 0.717) is 33.7 Å². The molecule has 0 bridgehead atoms. The highest BCUT2D eigenvalue weighted by atomic mass is 35.5. The average Bonchev–Trinajstić information content (AvgIpc) is 3.41. The second kappa shape index (κ2) is 11.0. The van der Waals surface area contributed by atoms with Gasteiger partial charge in [-0.25, -0.2) is 14.0 Å². The van der Waals surface area contributed by atoms with Crippen LogP contribution in [-0.4, -0.2) is 61.5 Å². The Morgan fingerprint density at radius 1 is 1.29 bits per heavy atom. The van der Waals surface area contributed by atoms with Gasteiger partial charge in [-0.3, -0.25) is 9.69 Å². The molecule has 1 aromatic heterocycles. The Hall–Kier alpha value is -3.05. The topological polar surface area (TPSA) is 100 Å². The largest absolute Gasteiger partial charge is 0.444 e. The van der Waals surface area contributed by atoms with Crippen LogP contribution in [0.15, 0.2) is 30.3 Å². The molecule has 206 valence electrons. The number of nitrogens with one attached hydrogen (secondary N) is 2. The molecule has 0 aliphatic carbocycles. The third kappa shape index (κ3) is 6.87. The van der Waals surface area contributed by atoms with Crippen molar-refractivity contribution in [3.63, 3.8) is 0 Å². The van der Waals surface area contributed by atoms with Crippen molar-refractivity contribution >= 4 is 52.4 Å². The second-order valence-electron chi connectivity index (χ2n) is 10.8. The van der Waals surface area contributed by atoms with E-state index in [1.54, 1.807) is 45.0 Å². The summed E-state index contributed by atoms with van der Waals surface area (Å²) in [5.41, 5.74) is -0.453. The lowest BCUT2D eigenvalue weighted by Gasteiger charge is -2.42. The summed E-state index contributed by atoms with van der Waals surface area (Å²) in [7, 11) is 0. The first-order chi connectivity index (χ1) is 17.8. The van der Waals surface area contributed by atoms with Crippen molar-refractivity contribution in [2.45, 2.75) is 57.8 Å². The van der Waals surface area contributed by atoms with E-state index in [1.165, 1.54) is 11.0 Å². The summed E-state index contributed by atoms with van der Waals surface area (Å²) >= 11 is 7.03. The van der Waals surface area contributed by atoms with Crippen molar-refractivity contribution < 1.29 is 28.2 Å². The molecular weight excluding hydrogens is 535 g/mol. The van der Waals surface area contributed by atoms with E-state index in [2.05, 4.69) is 10.6 Å². The van der Waals surface area contributed by atoms with Crippen LogP contribution >= 0.6 is 22.9 Å². The molecule has 2 aliphatic heterocycles. The molecule has 3 heterocycles. The highest BCUT2D eigenvalue weighted by molar-refractivity contribution is 7.18. The van der Waals surface area contributed by atoms with Crippen LogP contribution in [0.3, 0.4) is 0 Å². The van der Waals surface area contributed by atoms with E-state index in [1.807, 2.05) is 11.8 Å². The number of thiophene rings is 1. The van der Waals surface area contributed by atoms with Crippen molar-refractivity contribution in [2.24, 2.45) is 0 Å². The van der Waals surface area contributed by atoms with Crippen LogP contribution in [0.25, 0.3) is 0 Å². The fourth-order valence-corrected chi connectivity index (χ4v) is 5.55. The summed E-state index contributed by atoms with van der Waals surface area (Å²) in [6.07, 6.45) is -0.194. The number of amides is 3. The molecule has 0 radical (unpaired) electrons. The number of carbonyl (C=O) groups excluding carboxylic acids is 3.